The number of likely N-dealkylation sites (tertiary alicyclic amines) is 1. The Morgan fingerprint density at radius 1 is 1.42 bits per heavy atom. The lowest BCUT2D eigenvalue weighted by Gasteiger charge is -2.30. The van der Waals surface area contributed by atoms with Crippen LogP contribution in [0.25, 0.3) is 0 Å². The zero-order chi connectivity index (χ0) is 14.1. The largest absolute Gasteiger partial charge is 0.418 e. The van der Waals surface area contributed by atoms with E-state index < -0.39 is 17.6 Å². The van der Waals surface area contributed by atoms with Crippen molar-refractivity contribution in [2.75, 3.05) is 20.2 Å². The second kappa shape index (κ2) is 5.05. The Balaban J connectivity index is 2.06. The van der Waals surface area contributed by atoms with E-state index in [-0.39, 0.29) is 26.1 Å². The van der Waals surface area contributed by atoms with Gasteiger partial charge in [-0.3, -0.25) is 9.88 Å². The molecule has 106 valence electrons. The molecule has 0 radical (unpaired) electrons. The van der Waals surface area contributed by atoms with E-state index >= 15 is 0 Å². The SMILES string of the molecule is COC1(C(F)(F)F)CCN(Cc2cncc(F)c2)C1. The van der Waals surface area contributed by atoms with Crippen LogP contribution < -0.4 is 0 Å². The summed E-state index contributed by atoms with van der Waals surface area (Å²) in [7, 11) is 1.07. The highest BCUT2D eigenvalue weighted by Crippen LogP contribution is 2.40. The number of ether oxygens (including phenoxy) is 1. The van der Waals surface area contributed by atoms with Crippen molar-refractivity contribution in [2.24, 2.45) is 0 Å². The molecule has 1 unspecified atom stereocenters. The third-order valence-electron chi connectivity index (χ3n) is 3.39. The molecule has 1 aromatic rings. The fourth-order valence-corrected chi connectivity index (χ4v) is 2.31. The molecular formula is C12H14F4N2O. The van der Waals surface area contributed by atoms with Crippen LogP contribution in [0.3, 0.4) is 0 Å². The number of aromatic nitrogens is 1. The first-order chi connectivity index (χ1) is 8.86. The molecule has 0 bridgehead atoms. The monoisotopic (exact) mass is 278 g/mol. The summed E-state index contributed by atoms with van der Waals surface area (Å²) in [4.78, 5) is 5.27. The zero-order valence-corrected chi connectivity index (χ0v) is 10.4. The van der Waals surface area contributed by atoms with Crippen molar-refractivity contribution in [3.05, 3.63) is 29.8 Å². The molecule has 1 aromatic heterocycles. The van der Waals surface area contributed by atoms with Crippen LogP contribution in [0.5, 0.6) is 0 Å². The molecule has 2 heterocycles. The fourth-order valence-electron chi connectivity index (χ4n) is 2.31. The van der Waals surface area contributed by atoms with Crippen molar-refractivity contribution in [3.8, 4) is 0 Å². The number of alkyl halides is 3. The summed E-state index contributed by atoms with van der Waals surface area (Å²) in [6, 6.07) is 1.27. The van der Waals surface area contributed by atoms with Crippen LogP contribution in [-0.2, 0) is 11.3 Å². The molecule has 0 amide bonds. The van der Waals surface area contributed by atoms with Gasteiger partial charge in [-0.2, -0.15) is 13.2 Å². The second-order valence-corrected chi connectivity index (χ2v) is 4.67. The first-order valence-electron chi connectivity index (χ1n) is 5.80. The van der Waals surface area contributed by atoms with E-state index in [9.17, 15) is 17.6 Å². The molecule has 2 rings (SSSR count). The first kappa shape index (κ1) is 14.2. The van der Waals surface area contributed by atoms with Crippen LogP contribution in [-0.4, -0.2) is 41.9 Å². The minimum atomic E-state index is -4.41. The van der Waals surface area contributed by atoms with E-state index in [1.54, 1.807) is 4.90 Å². The fraction of sp³-hybridized carbons (Fsp3) is 0.583. The van der Waals surface area contributed by atoms with Gasteiger partial charge in [-0.25, -0.2) is 4.39 Å². The van der Waals surface area contributed by atoms with Crippen molar-refractivity contribution in [2.45, 2.75) is 24.7 Å². The Bertz CT molecular complexity index is 452. The zero-order valence-electron chi connectivity index (χ0n) is 10.4. The van der Waals surface area contributed by atoms with Gasteiger partial charge >= 0.3 is 6.18 Å². The van der Waals surface area contributed by atoms with Gasteiger partial charge in [0.1, 0.15) is 5.82 Å². The third kappa shape index (κ3) is 2.87. The van der Waals surface area contributed by atoms with Gasteiger partial charge in [-0.1, -0.05) is 0 Å². The van der Waals surface area contributed by atoms with E-state index in [0.717, 1.165) is 13.3 Å². The van der Waals surface area contributed by atoms with E-state index in [1.165, 1.54) is 12.3 Å². The average Bonchev–Trinajstić information content (AvgIpc) is 2.73. The lowest BCUT2D eigenvalue weighted by molar-refractivity contribution is -0.264. The van der Waals surface area contributed by atoms with Crippen LogP contribution in [0.1, 0.15) is 12.0 Å². The Labute approximate surface area is 108 Å². The van der Waals surface area contributed by atoms with Gasteiger partial charge in [0.05, 0.1) is 6.20 Å². The molecular weight excluding hydrogens is 264 g/mol. The minimum Gasteiger partial charge on any atom is -0.367 e. The van der Waals surface area contributed by atoms with Gasteiger partial charge in [0.15, 0.2) is 5.60 Å². The predicted octanol–water partition coefficient (Wildman–Crippen LogP) is 2.37. The number of nitrogens with zero attached hydrogens (tertiary/aromatic N) is 2. The lowest BCUT2D eigenvalue weighted by Crippen LogP contribution is -2.49. The summed E-state index contributed by atoms with van der Waals surface area (Å²) >= 11 is 0. The van der Waals surface area contributed by atoms with Gasteiger partial charge in [-0.15, -0.1) is 0 Å². The number of rotatable bonds is 3. The lowest BCUT2D eigenvalue weighted by atomic mass is 10.0. The van der Waals surface area contributed by atoms with Gasteiger partial charge in [-0.05, 0) is 18.1 Å². The number of pyridine rings is 1. The molecule has 7 heteroatoms. The normalized spacial score (nSPS) is 24.9. The summed E-state index contributed by atoms with van der Waals surface area (Å²) in [6.07, 6.45) is -2.02. The summed E-state index contributed by atoms with van der Waals surface area (Å²) in [5.74, 6) is -0.495. The maximum atomic E-state index is 13.0. The highest BCUT2D eigenvalue weighted by molar-refractivity contribution is 5.11. The highest BCUT2D eigenvalue weighted by atomic mass is 19.4. The van der Waals surface area contributed by atoms with Crippen molar-refractivity contribution >= 4 is 0 Å². The molecule has 1 aliphatic heterocycles. The van der Waals surface area contributed by atoms with E-state index in [4.69, 9.17) is 4.74 Å². The number of methoxy groups -OCH3 is 1. The molecule has 1 atom stereocenters. The van der Waals surface area contributed by atoms with Crippen LogP contribution in [0, 0.1) is 5.82 Å². The van der Waals surface area contributed by atoms with E-state index in [0.29, 0.717) is 5.56 Å². The molecule has 0 saturated carbocycles. The average molecular weight is 278 g/mol. The van der Waals surface area contributed by atoms with Gasteiger partial charge in [0, 0.05) is 32.9 Å². The highest BCUT2D eigenvalue weighted by Gasteiger charge is 2.58. The second-order valence-electron chi connectivity index (χ2n) is 4.67. The summed E-state index contributed by atoms with van der Waals surface area (Å²) < 4.78 is 56.6. The molecule has 0 aliphatic carbocycles. The van der Waals surface area contributed by atoms with Gasteiger partial charge in [0.2, 0.25) is 0 Å². The molecule has 0 aromatic carbocycles. The molecule has 1 fully saturated rings. The Kier molecular flexibility index (Phi) is 3.78. The standard InChI is InChI=1S/C12H14F4N2O/c1-19-11(12(14,15)16)2-3-18(8-11)7-9-4-10(13)6-17-5-9/h4-6H,2-3,7-8H2,1H3. The number of hydrogen-bond donors (Lipinski definition) is 0. The molecule has 0 spiro atoms. The van der Waals surface area contributed by atoms with Gasteiger partial charge in [0.25, 0.3) is 0 Å². The summed E-state index contributed by atoms with van der Waals surface area (Å²) in [5.41, 5.74) is -1.57. The molecule has 1 aliphatic rings. The topological polar surface area (TPSA) is 25.4 Å². The quantitative estimate of drug-likeness (QED) is 0.794. The molecule has 19 heavy (non-hydrogen) atoms. The third-order valence-corrected chi connectivity index (χ3v) is 3.39. The number of hydrogen-bond acceptors (Lipinski definition) is 3. The molecule has 0 N–H and O–H groups in total. The smallest absolute Gasteiger partial charge is 0.367 e. The Hall–Kier alpha value is -1.21. The Morgan fingerprint density at radius 3 is 2.68 bits per heavy atom. The van der Waals surface area contributed by atoms with Crippen LogP contribution in [0.2, 0.25) is 0 Å². The summed E-state index contributed by atoms with van der Waals surface area (Å²) in [5, 5.41) is 0. The maximum Gasteiger partial charge on any atom is 0.418 e. The van der Waals surface area contributed by atoms with E-state index in [2.05, 4.69) is 4.98 Å². The van der Waals surface area contributed by atoms with Crippen LogP contribution in [0.4, 0.5) is 17.6 Å². The van der Waals surface area contributed by atoms with Crippen molar-refractivity contribution in [1.29, 1.82) is 0 Å². The molecule has 1 saturated heterocycles. The van der Waals surface area contributed by atoms with Gasteiger partial charge < -0.3 is 4.74 Å². The van der Waals surface area contributed by atoms with Crippen LogP contribution in [0.15, 0.2) is 18.5 Å². The van der Waals surface area contributed by atoms with Crippen molar-refractivity contribution in [1.82, 2.24) is 9.88 Å². The summed E-state index contributed by atoms with van der Waals surface area (Å²) in [6.45, 7) is 0.235. The van der Waals surface area contributed by atoms with Crippen LogP contribution >= 0.6 is 0 Å². The minimum absolute atomic E-state index is 0.115. The van der Waals surface area contributed by atoms with E-state index in [1.807, 2.05) is 0 Å². The van der Waals surface area contributed by atoms with Crippen molar-refractivity contribution < 1.29 is 22.3 Å². The maximum absolute atomic E-state index is 13.0. The van der Waals surface area contributed by atoms with Crippen molar-refractivity contribution in [3.63, 3.8) is 0 Å². The number of halogens is 4. The Morgan fingerprint density at radius 2 is 2.16 bits per heavy atom. The molecule has 3 nitrogen and oxygen atoms in total. The first-order valence-corrected chi connectivity index (χ1v) is 5.80. The predicted molar refractivity (Wildman–Crippen MR) is 59.9 cm³/mol.